The van der Waals surface area contributed by atoms with Crippen molar-refractivity contribution in [3.05, 3.63) is 35.6 Å². The lowest BCUT2D eigenvalue weighted by Gasteiger charge is -2.12. The highest BCUT2D eigenvalue weighted by Crippen LogP contribution is 2.19. The summed E-state index contributed by atoms with van der Waals surface area (Å²) in [5, 5.41) is 26.5. The Morgan fingerprint density at radius 1 is 1.31 bits per heavy atom. The summed E-state index contributed by atoms with van der Waals surface area (Å²) in [5.41, 5.74) is -0.0726. The van der Waals surface area contributed by atoms with Gasteiger partial charge in [-0.25, -0.2) is 4.39 Å². The normalized spacial score (nSPS) is 14.6. The van der Waals surface area contributed by atoms with Crippen molar-refractivity contribution in [2.45, 2.75) is 12.2 Å². The highest BCUT2D eigenvalue weighted by atomic mass is 19.1. The summed E-state index contributed by atoms with van der Waals surface area (Å²) in [7, 11) is 0. The molecule has 0 aliphatic heterocycles. The van der Waals surface area contributed by atoms with Crippen LogP contribution in [0.3, 0.4) is 0 Å². The molecule has 4 heteroatoms. The highest BCUT2D eigenvalue weighted by Gasteiger charge is 2.20. The molecule has 0 aliphatic carbocycles. The summed E-state index contributed by atoms with van der Waals surface area (Å²) in [6.07, 6.45) is -3.09. The standard InChI is InChI=1S/C9H8FNO2/c10-7-4-2-1-3-6(7)9(13)8(12)5-11/h1-4,8-9,12-13H. The second-order valence-corrected chi connectivity index (χ2v) is 2.54. The van der Waals surface area contributed by atoms with Gasteiger partial charge in [-0.05, 0) is 6.07 Å². The lowest BCUT2D eigenvalue weighted by atomic mass is 10.1. The number of rotatable bonds is 2. The predicted octanol–water partition coefficient (Wildman–Crippen LogP) is 0.744. The third-order valence-electron chi connectivity index (χ3n) is 1.66. The smallest absolute Gasteiger partial charge is 0.170 e. The first-order valence-corrected chi connectivity index (χ1v) is 3.67. The summed E-state index contributed by atoms with van der Waals surface area (Å²) in [6, 6.07) is 6.89. The van der Waals surface area contributed by atoms with E-state index in [4.69, 9.17) is 10.4 Å². The van der Waals surface area contributed by atoms with E-state index in [9.17, 15) is 9.50 Å². The molecule has 0 saturated heterocycles. The van der Waals surface area contributed by atoms with Crippen molar-refractivity contribution in [3.63, 3.8) is 0 Å². The number of aliphatic hydroxyl groups excluding tert-OH is 2. The van der Waals surface area contributed by atoms with E-state index in [1.807, 2.05) is 0 Å². The van der Waals surface area contributed by atoms with Gasteiger partial charge in [0.15, 0.2) is 6.10 Å². The maximum absolute atomic E-state index is 13.0. The van der Waals surface area contributed by atoms with E-state index in [0.717, 1.165) is 6.07 Å². The fourth-order valence-corrected chi connectivity index (χ4v) is 0.956. The minimum Gasteiger partial charge on any atom is -0.384 e. The number of nitriles is 1. The summed E-state index contributed by atoms with van der Waals surface area (Å²) < 4.78 is 13.0. The third-order valence-corrected chi connectivity index (χ3v) is 1.66. The quantitative estimate of drug-likeness (QED) is 0.661. The van der Waals surface area contributed by atoms with Crippen LogP contribution >= 0.6 is 0 Å². The minimum absolute atomic E-state index is 0.0726. The molecule has 1 aromatic rings. The molecule has 0 heterocycles. The molecule has 3 nitrogen and oxygen atoms in total. The Hall–Kier alpha value is -1.44. The van der Waals surface area contributed by atoms with E-state index in [1.54, 1.807) is 0 Å². The Labute approximate surface area is 74.7 Å². The molecule has 0 aromatic heterocycles. The van der Waals surface area contributed by atoms with Crippen molar-refractivity contribution in [2.24, 2.45) is 0 Å². The Bertz CT molecular complexity index is 335. The van der Waals surface area contributed by atoms with Crippen molar-refractivity contribution in [1.29, 1.82) is 5.26 Å². The molecule has 0 aliphatic rings. The molecule has 13 heavy (non-hydrogen) atoms. The molecular weight excluding hydrogens is 173 g/mol. The molecule has 2 unspecified atom stereocenters. The average molecular weight is 181 g/mol. The fourth-order valence-electron chi connectivity index (χ4n) is 0.956. The zero-order valence-electron chi connectivity index (χ0n) is 6.68. The van der Waals surface area contributed by atoms with Gasteiger partial charge in [-0.2, -0.15) is 5.26 Å². The van der Waals surface area contributed by atoms with Gasteiger partial charge in [0.1, 0.15) is 11.9 Å². The molecular formula is C9H8FNO2. The van der Waals surface area contributed by atoms with Gasteiger partial charge in [-0.3, -0.25) is 0 Å². The van der Waals surface area contributed by atoms with Crippen LogP contribution in [0.15, 0.2) is 24.3 Å². The average Bonchev–Trinajstić information content (AvgIpc) is 2.16. The molecule has 1 aromatic carbocycles. The second kappa shape index (κ2) is 3.99. The molecule has 0 bridgehead atoms. The van der Waals surface area contributed by atoms with Gasteiger partial charge in [-0.1, -0.05) is 18.2 Å². The van der Waals surface area contributed by atoms with Crippen LogP contribution in [-0.4, -0.2) is 16.3 Å². The maximum atomic E-state index is 13.0. The van der Waals surface area contributed by atoms with Crippen LogP contribution in [0.1, 0.15) is 11.7 Å². The van der Waals surface area contributed by atoms with Crippen LogP contribution in [-0.2, 0) is 0 Å². The Kier molecular flexibility index (Phi) is 2.96. The molecule has 0 spiro atoms. The van der Waals surface area contributed by atoms with Crippen LogP contribution in [0.4, 0.5) is 4.39 Å². The zero-order chi connectivity index (χ0) is 9.84. The molecule has 2 atom stereocenters. The Morgan fingerprint density at radius 2 is 1.92 bits per heavy atom. The van der Waals surface area contributed by atoms with Crippen molar-refractivity contribution in [1.82, 2.24) is 0 Å². The predicted molar refractivity (Wildman–Crippen MR) is 43.0 cm³/mol. The van der Waals surface area contributed by atoms with Gasteiger partial charge in [-0.15, -0.1) is 0 Å². The van der Waals surface area contributed by atoms with Crippen LogP contribution in [0.2, 0.25) is 0 Å². The highest BCUT2D eigenvalue weighted by molar-refractivity contribution is 5.22. The van der Waals surface area contributed by atoms with E-state index in [2.05, 4.69) is 0 Å². The van der Waals surface area contributed by atoms with E-state index in [1.165, 1.54) is 24.3 Å². The molecule has 68 valence electrons. The minimum atomic E-state index is -1.60. The van der Waals surface area contributed by atoms with Crippen molar-refractivity contribution >= 4 is 0 Å². The Morgan fingerprint density at radius 3 is 2.46 bits per heavy atom. The van der Waals surface area contributed by atoms with Crippen LogP contribution in [0.25, 0.3) is 0 Å². The van der Waals surface area contributed by atoms with E-state index in [0.29, 0.717) is 0 Å². The first-order chi connectivity index (χ1) is 6.16. The summed E-state index contributed by atoms with van der Waals surface area (Å²) in [6.45, 7) is 0. The topological polar surface area (TPSA) is 64.2 Å². The van der Waals surface area contributed by atoms with Gasteiger partial charge in [0.05, 0.1) is 6.07 Å². The van der Waals surface area contributed by atoms with Crippen LogP contribution in [0, 0.1) is 17.1 Å². The van der Waals surface area contributed by atoms with Crippen LogP contribution < -0.4 is 0 Å². The summed E-state index contributed by atoms with van der Waals surface area (Å²) in [4.78, 5) is 0. The van der Waals surface area contributed by atoms with Crippen molar-refractivity contribution < 1.29 is 14.6 Å². The zero-order valence-corrected chi connectivity index (χ0v) is 6.68. The van der Waals surface area contributed by atoms with Gasteiger partial charge < -0.3 is 10.2 Å². The van der Waals surface area contributed by atoms with E-state index >= 15 is 0 Å². The van der Waals surface area contributed by atoms with Gasteiger partial charge in [0.25, 0.3) is 0 Å². The number of hydrogen-bond acceptors (Lipinski definition) is 3. The van der Waals surface area contributed by atoms with Crippen molar-refractivity contribution in [3.8, 4) is 6.07 Å². The van der Waals surface area contributed by atoms with E-state index in [-0.39, 0.29) is 5.56 Å². The third kappa shape index (κ3) is 2.02. The number of aliphatic hydroxyl groups is 2. The molecule has 0 radical (unpaired) electrons. The van der Waals surface area contributed by atoms with E-state index < -0.39 is 18.0 Å². The number of hydrogen-bond donors (Lipinski definition) is 2. The lowest BCUT2D eigenvalue weighted by molar-refractivity contribution is 0.0503. The number of halogens is 1. The monoisotopic (exact) mass is 181 g/mol. The first-order valence-electron chi connectivity index (χ1n) is 3.67. The maximum Gasteiger partial charge on any atom is 0.170 e. The van der Waals surface area contributed by atoms with Gasteiger partial charge in [0, 0.05) is 5.56 Å². The molecule has 0 amide bonds. The van der Waals surface area contributed by atoms with Crippen LogP contribution in [0.5, 0.6) is 0 Å². The fraction of sp³-hybridized carbons (Fsp3) is 0.222. The van der Waals surface area contributed by atoms with Crippen molar-refractivity contribution in [2.75, 3.05) is 0 Å². The summed E-state index contributed by atoms with van der Waals surface area (Å²) >= 11 is 0. The van der Waals surface area contributed by atoms with Gasteiger partial charge in [0.2, 0.25) is 0 Å². The second-order valence-electron chi connectivity index (χ2n) is 2.54. The molecule has 2 N–H and O–H groups in total. The SMILES string of the molecule is N#CC(O)C(O)c1ccccc1F. The molecule has 1 rings (SSSR count). The number of benzene rings is 1. The molecule has 0 fully saturated rings. The Balaban J connectivity index is 2.96. The molecule has 0 saturated carbocycles. The lowest BCUT2D eigenvalue weighted by Crippen LogP contribution is -2.16. The summed E-state index contributed by atoms with van der Waals surface area (Å²) in [5.74, 6) is -0.635. The van der Waals surface area contributed by atoms with Gasteiger partial charge >= 0.3 is 0 Å². The number of nitrogens with zero attached hydrogens (tertiary/aromatic N) is 1. The first kappa shape index (κ1) is 9.65. The largest absolute Gasteiger partial charge is 0.384 e.